The number of ether oxygens (including phenoxy) is 1. The molecular weight excluding hydrogens is 116 g/mol. The van der Waals surface area contributed by atoms with Crippen LogP contribution in [0.5, 0.6) is 0 Å². The first-order valence-corrected chi connectivity index (χ1v) is 2.97. The van der Waals surface area contributed by atoms with Gasteiger partial charge in [0.2, 0.25) is 0 Å². The zero-order chi connectivity index (χ0) is 7.02. The first-order chi connectivity index (χ1) is 4.18. The Labute approximate surface area is 54.5 Å². The molecule has 0 spiro atoms. The van der Waals surface area contributed by atoms with Crippen molar-refractivity contribution in [1.82, 2.24) is 0 Å². The quantitative estimate of drug-likeness (QED) is 0.492. The summed E-state index contributed by atoms with van der Waals surface area (Å²) in [6.45, 7) is 3.96. The summed E-state index contributed by atoms with van der Waals surface area (Å²) in [5, 5.41) is 0. The summed E-state index contributed by atoms with van der Waals surface area (Å²) in [6, 6.07) is 0. The largest absolute Gasteiger partial charge is 0.466 e. The number of carbonyl (C=O) groups is 1. The van der Waals surface area contributed by atoms with Crippen molar-refractivity contribution < 1.29 is 9.53 Å². The third-order valence-electron chi connectivity index (χ3n) is 1.83. The third-order valence-corrected chi connectivity index (χ3v) is 1.83. The third kappa shape index (κ3) is 0.846. The fraction of sp³-hybridized carbons (Fsp3) is 0.571. The highest BCUT2D eigenvalue weighted by Gasteiger charge is 2.34. The Morgan fingerprint density at radius 3 is 2.22 bits per heavy atom. The van der Waals surface area contributed by atoms with Crippen LogP contribution in [0.15, 0.2) is 11.1 Å². The van der Waals surface area contributed by atoms with Crippen molar-refractivity contribution >= 4 is 5.97 Å². The summed E-state index contributed by atoms with van der Waals surface area (Å²) >= 11 is 0. The molecule has 0 heterocycles. The van der Waals surface area contributed by atoms with Crippen LogP contribution in [0.3, 0.4) is 0 Å². The van der Waals surface area contributed by atoms with Gasteiger partial charge in [-0.2, -0.15) is 0 Å². The first kappa shape index (κ1) is 6.33. The van der Waals surface area contributed by atoms with E-state index in [0.717, 1.165) is 5.57 Å². The van der Waals surface area contributed by atoms with E-state index >= 15 is 0 Å². The molecule has 0 aromatic heterocycles. The molecule has 0 N–H and O–H groups in total. The van der Waals surface area contributed by atoms with Gasteiger partial charge in [0.25, 0.3) is 0 Å². The van der Waals surface area contributed by atoms with E-state index in [-0.39, 0.29) is 5.97 Å². The molecule has 0 amide bonds. The molecular formula is C7H10O2. The van der Waals surface area contributed by atoms with Crippen molar-refractivity contribution in [2.75, 3.05) is 7.11 Å². The van der Waals surface area contributed by atoms with E-state index < -0.39 is 0 Å². The minimum atomic E-state index is -0.167. The molecule has 1 aliphatic rings. The SMILES string of the molecule is COC(=O)C1=C(C)C1C. The topological polar surface area (TPSA) is 26.3 Å². The molecule has 0 bridgehead atoms. The fourth-order valence-electron chi connectivity index (χ4n) is 0.928. The Hall–Kier alpha value is -0.790. The summed E-state index contributed by atoms with van der Waals surface area (Å²) in [7, 11) is 1.41. The average molecular weight is 126 g/mol. The molecule has 1 unspecified atom stereocenters. The molecule has 1 aliphatic carbocycles. The van der Waals surface area contributed by atoms with E-state index in [0.29, 0.717) is 5.92 Å². The molecule has 0 fully saturated rings. The normalized spacial score (nSPS) is 24.1. The number of hydrogen-bond donors (Lipinski definition) is 0. The molecule has 1 rings (SSSR count). The van der Waals surface area contributed by atoms with Crippen molar-refractivity contribution in [1.29, 1.82) is 0 Å². The Balaban J connectivity index is 2.58. The summed E-state index contributed by atoms with van der Waals surface area (Å²) in [5.74, 6) is 0.206. The number of rotatable bonds is 1. The highest BCUT2D eigenvalue weighted by Crippen LogP contribution is 2.38. The number of hydrogen-bond acceptors (Lipinski definition) is 2. The van der Waals surface area contributed by atoms with Gasteiger partial charge in [-0.3, -0.25) is 0 Å². The van der Waals surface area contributed by atoms with Crippen LogP contribution in [-0.4, -0.2) is 13.1 Å². The van der Waals surface area contributed by atoms with E-state index in [1.54, 1.807) is 0 Å². The van der Waals surface area contributed by atoms with Crippen LogP contribution in [0.2, 0.25) is 0 Å². The molecule has 0 radical (unpaired) electrons. The van der Waals surface area contributed by atoms with Crippen LogP contribution < -0.4 is 0 Å². The summed E-state index contributed by atoms with van der Waals surface area (Å²) in [4.78, 5) is 10.7. The lowest BCUT2D eigenvalue weighted by atomic mass is 10.3. The summed E-state index contributed by atoms with van der Waals surface area (Å²) < 4.78 is 4.52. The van der Waals surface area contributed by atoms with Crippen LogP contribution in [0, 0.1) is 5.92 Å². The Morgan fingerprint density at radius 1 is 1.67 bits per heavy atom. The van der Waals surface area contributed by atoms with Gasteiger partial charge in [-0.25, -0.2) is 4.79 Å². The van der Waals surface area contributed by atoms with Crippen molar-refractivity contribution in [3.8, 4) is 0 Å². The van der Waals surface area contributed by atoms with E-state index in [1.807, 2.05) is 13.8 Å². The molecule has 50 valence electrons. The molecule has 9 heavy (non-hydrogen) atoms. The number of carbonyl (C=O) groups excluding carboxylic acids is 1. The number of allylic oxidation sites excluding steroid dienone is 1. The summed E-state index contributed by atoms with van der Waals surface area (Å²) in [5.41, 5.74) is 2.03. The van der Waals surface area contributed by atoms with Crippen molar-refractivity contribution in [2.24, 2.45) is 5.92 Å². The average Bonchev–Trinajstić information content (AvgIpc) is 2.40. The van der Waals surface area contributed by atoms with Gasteiger partial charge < -0.3 is 4.74 Å². The second-order valence-corrected chi connectivity index (χ2v) is 2.31. The van der Waals surface area contributed by atoms with E-state index in [9.17, 15) is 4.79 Å². The Kier molecular flexibility index (Phi) is 1.31. The van der Waals surface area contributed by atoms with Crippen LogP contribution in [0.1, 0.15) is 13.8 Å². The van der Waals surface area contributed by atoms with Crippen LogP contribution >= 0.6 is 0 Å². The number of methoxy groups -OCH3 is 1. The predicted octanol–water partition coefficient (Wildman–Crippen LogP) is 1.13. The van der Waals surface area contributed by atoms with Crippen LogP contribution in [-0.2, 0) is 9.53 Å². The van der Waals surface area contributed by atoms with Crippen LogP contribution in [0.25, 0.3) is 0 Å². The van der Waals surface area contributed by atoms with E-state index in [1.165, 1.54) is 12.7 Å². The van der Waals surface area contributed by atoms with Gasteiger partial charge in [0, 0.05) is 11.5 Å². The lowest BCUT2D eigenvalue weighted by molar-refractivity contribution is -0.135. The van der Waals surface area contributed by atoms with Gasteiger partial charge in [-0.15, -0.1) is 0 Å². The van der Waals surface area contributed by atoms with Gasteiger partial charge in [-0.05, 0) is 6.92 Å². The maximum absolute atomic E-state index is 10.7. The maximum atomic E-state index is 10.7. The van der Waals surface area contributed by atoms with Gasteiger partial charge in [0.1, 0.15) is 0 Å². The lowest BCUT2D eigenvalue weighted by Crippen LogP contribution is -1.98. The minimum Gasteiger partial charge on any atom is -0.466 e. The van der Waals surface area contributed by atoms with Crippen LogP contribution in [0.4, 0.5) is 0 Å². The predicted molar refractivity (Wildman–Crippen MR) is 33.9 cm³/mol. The smallest absolute Gasteiger partial charge is 0.334 e. The van der Waals surface area contributed by atoms with Crippen molar-refractivity contribution in [2.45, 2.75) is 13.8 Å². The molecule has 2 nitrogen and oxygen atoms in total. The standard InChI is InChI=1S/C7H10O2/c1-4-5(2)6(4)7(8)9-3/h4H,1-3H3. The maximum Gasteiger partial charge on any atom is 0.334 e. The second-order valence-electron chi connectivity index (χ2n) is 2.31. The fourth-order valence-corrected chi connectivity index (χ4v) is 0.928. The summed E-state index contributed by atoms with van der Waals surface area (Å²) in [6.07, 6.45) is 0. The molecule has 0 aromatic carbocycles. The molecule has 0 aromatic rings. The number of esters is 1. The molecule has 2 heteroatoms. The zero-order valence-corrected chi connectivity index (χ0v) is 5.89. The van der Waals surface area contributed by atoms with Gasteiger partial charge in [0.15, 0.2) is 0 Å². The highest BCUT2D eigenvalue weighted by molar-refractivity contribution is 5.95. The lowest BCUT2D eigenvalue weighted by Gasteiger charge is -1.89. The van der Waals surface area contributed by atoms with Gasteiger partial charge in [0.05, 0.1) is 7.11 Å². The van der Waals surface area contributed by atoms with Gasteiger partial charge >= 0.3 is 5.97 Å². The molecule has 1 atom stereocenters. The van der Waals surface area contributed by atoms with Crippen molar-refractivity contribution in [3.05, 3.63) is 11.1 Å². The second kappa shape index (κ2) is 1.87. The van der Waals surface area contributed by atoms with Gasteiger partial charge in [-0.1, -0.05) is 12.5 Å². The Bertz CT molecular complexity index is 179. The molecule has 0 saturated carbocycles. The first-order valence-electron chi connectivity index (χ1n) is 2.97. The monoisotopic (exact) mass is 126 g/mol. The highest BCUT2D eigenvalue weighted by atomic mass is 16.5. The zero-order valence-electron chi connectivity index (χ0n) is 5.89. The Morgan fingerprint density at radius 2 is 2.11 bits per heavy atom. The van der Waals surface area contributed by atoms with Crippen molar-refractivity contribution in [3.63, 3.8) is 0 Å². The minimum absolute atomic E-state index is 0.167. The van der Waals surface area contributed by atoms with E-state index in [2.05, 4.69) is 4.74 Å². The molecule has 0 aliphatic heterocycles. The van der Waals surface area contributed by atoms with E-state index in [4.69, 9.17) is 0 Å². The molecule has 0 saturated heterocycles.